The van der Waals surface area contributed by atoms with Gasteiger partial charge in [0.2, 0.25) is 0 Å². The van der Waals surface area contributed by atoms with Gasteiger partial charge in [-0.1, -0.05) is 31.5 Å². The van der Waals surface area contributed by atoms with E-state index < -0.39 is 0 Å². The number of piperidine rings is 1. The van der Waals surface area contributed by atoms with E-state index in [0.29, 0.717) is 12.0 Å². The van der Waals surface area contributed by atoms with Crippen molar-refractivity contribution in [3.63, 3.8) is 0 Å². The zero-order valence-corrected chi connectivity index (χ0v) is 14.8. The number of piperazine rings is 1. The van der Waals surface area contributed by atoms with Crippen LogP contribution in [-0.2, 0) is 4.74 Å². The molecule has 2 fully saturated rings. The summed E-state index contributed by atoms with van der Waals surface area (Å²) >= 11 is 0. The quantitative estimate of drug-likeness (QED) is 0.849. The number of methoxy groups -OCH3 is 1. The number of hydrogen-bond acceptors (Lipinski definition) is 4. The summed E-state index contributed by atoms with van der Waals surface area (Å²) in [6.45, 7) is 8.19. The minimum absolute atomic E-state index is 0.185. The van der Waals surface area contributed by atoms with Gasteiger partial charge in [0.1, 0.15) is 6.23 Å². The van der Waals surface area contributed by atoms with Crippen LogP contribution in [0.2, 0.25) is 0 Å². The van der Waals surface area contributed by atoms with Gasteiger partial charge in [-0.2, -0.15) is 0 Å². The SMILES string of the molecule is CCC1CN(c2ccccc2)C(OC)CC1N1CCN(C)CC1. The zero-order chi connectivity index (χ0) is 16.2. The van der Waals surface area contributed by atoms with E-state index in [1.807, 2.05) is 7.11 Å². The van der Waals surface area contributed by atoms with E-state index in [4.69, 9.17) is 4.74 Å². The first-order valence-corrected chi connectivity index (χ1v) is 9.00. The molecule has 0 aliphatic carbocycles. The maximum absolute atomic E-state index is 5.88. The Kier molecular flexibility index (Phi) is 5.57. The molecule has 4 nitrogen and oxygen atoms in total. The third kappa shape index (κ3) is 3.70. The van der Waals surface area contributed by atoms with Crippen molar-refractivity contribution in [3.8, 4) is 0 Å². The number of para-hydroxylation sites is 1. The Morgan fingerprint density at radius 2 is 1.78 bits per heavy atom. The van der Waals surface area contributed by atoms with Crippen LogP contribution in [0, 0.1) is 5.92 Å². The molecule has 1 aromatic carbocycles. The second-order valence-electron chi connectivity index (χ2n) is 6.99. The summed E-state index contributed by atoms with van der Waals surface area (Å²) in [5, 5.41) is 0. The van der Waals surface area contributed by atoms with Crippen LogP contribution in [0.15, 0.2) is 30.3 Å². The zero-order valence-electron chi connectivity index (χ0n) is 14.8. The summed E-state index contributed by atoms with van der Waals surface area (Å²) in [7, 11) is 4.08. The number of benzene rings is 1. The van der Waals surface area contributed by atoms with Crippen molar-refractivity contribution in [1.82, 2.24) is 9.80 Å². The highest BCUT2D eigenvalue weighted by atomic mass is 16.5. The van der Waals surface area contributed by atoms with E-state index >= 15 is 0 Å². The van der Waals surface area contributed by atoms with Crippen molar-refractivity contribution >= 4 is 5.69 Å². The third-order valence-corrected chi connectivity index (χ3v) is 5.66. The van der Waals surface area contributed by atoms with Gasteiger partial charge in [0, 0.05) is 58.0 Å². The largest absolute Gasteiger partial charge is 0.362 e. The Balaban J connectivity index is 1.75. The highest BCUT2D eigenvalue weighted by molar-refractivity contribution is 5.47. The lowest BCUT2D eigenvalue weighted by Gasteiger charge is -2.49. The van der Waals surface area contributed by atoms with Gasteiger partial charge < -0.3 is 14.5 Å². The highest BCUT2D eigenvalue weighted by Gasteiger charge is 2.38. The molecule has 3 unspecified atom stereocenters. The van der Waals surface area contributed by atoms with Gasteiger partial charge in [-0.05, 0) is 25.1 Å². The summed E-state index contributed by atoms with van der Waals surface area (Å²) < 4.78 is 5.88. The lowest BCUT2D eigenvalue weighted by Crippen LogP contribution is -2.59. The average Bonchev–Trinajstić information content (AvgIpc) is 2.62. The molecule has 2 aliphatic rings. The first-order valence-electron chi connectivity index (χ1n) is 9.00. The lowest BCUT2D eigenvalue weighted by atomic mass is 9.87. The van der Waals surface area contributed by atoms with Gasteiger partial charge in [-0.3, -0.25) is 4.90 Å². The number of rotatable bonds is 4. The minimum atomic E-state index is 0.185. The van der Waals surface area contributed by atoms with Gasteiger partial charge >= 0.3 is 0 Å². The molecule has 0 bridgehead atoms. The molecule has 0 amide bonds. The van der Waals surface area contributed by atoms with E-state index in [2.05, 4.69) is 59.0 Å². The molecular formula is C19H31N3O. The molecule has 0 N–H and O–H groups in total. The number of anilines is 1. The molecule has 0 aromatic heterocycles. The first-order chi connectivity index (χ1) is 11.2. The predicted molar refractivity (Wildman–Crippen MR) is 95.8 cm³/mol. The predicted octanol–water partition coefficient (Wildman–Crippen LogP) is 2.51. The molecule has 0 saturated carbocycles. The van der Waals surface area contributed by atoms with E-state index in [1.54, 1.807) is 0 Å². The summed E-state index contributed by atoms with van der Waals surface area (Å²) in [4.78, 5) is 7.60. The fraction of sp³-hybridized carbons (Fsp3) is 0.684. The molecule has 2 aliphatic heterocycles. The Morgan fingerprint density at radius 3 is 2.39 bits per heavy atom. The fourth-order valence-corrected chi connectivity index (χ4v) is 4.13. The van der Waals surface area contributed by atoms with Crippen LogP contribution in [0.1, 0.15) is 19.8 Å². The molecule has 2 saturated heterocycles. The van der Waals surface area contributed by atoms with Crippen molar-refractivity contribution in [2.75, 3.05) is 51.8 Å². The molecular weight excluding hydrogens is 286 g/mol. The summed E-state index contributed by atoms with van der Waals surface area (Å²) in [5.41, 5.74) is 1.29. The maximum Gasteiger partial charge on any atom is 0.131 e. The third-order valence-electron chi connectivity index (χ3n) is 5.66. The van der Waals surface area contributed by atoms with Crippen molar-refractivity contribution in [2.24, 2.45) is 5.92 Å². The van der Waals surface area contributed by atoms with Crippen molar-refractivity contribution in [2.45, 2.75) is 32.0 Å². The number of ether oxygens (including phenoxy) is 1. The second-order valence-corrected chi connectivity index (χ2v) is 6.99. The van der Waals surface area contributed by atoms with Crippen LogP contribution in [0.4, 0.5) is 5.69 Å². The average molecular weight is 317 g/mol. The van der Waals surface area contributed by atoms with Gasteiger partial charge in [0.15, 0.2) is 0 Å². The highest BCUT2D eigenvalue weighted by Crippen LogP contribution is 2.33. The Labute approximate surface area is 141 Å². The standard InChI is InChI=1S/C19H31N3O/c1-4-16-15-22(17-8-6-5-7-9-17)19(23-3)14-18(16)21-12-10-20(2)11-13-21/h5-9,16,18-19H,4,10-15H2,1-3H3. The van der Waals surface area contributed by atoms with E-state index in [-0.39, 0.29) is 6.23 Å². The molecule has 3 rings (SSSR count). The van der Waals surface area contributed by atoms with Crippen LogP contribution in [0.3, 0.4) is 0 Å². The number of likely N-dealkylation sites (N-methyl/N-ethyl adjacent to an activating group) is 1. The van der Waals surface area contributed by atoms with E-state index in [0.717, 1.165) is 13.0 Å². The van der Waals surface area contributed by atoms with Crippen LogP contribution in [0.5, 0.6) is 0 Å². The molecule has 0 radical (unpaired) electrons. The molecule has 2 heterocycles. The summed E-state index contributed by atoms with van der Waals surface area (Å²) in [6, 6.07) is 11.4. The van der Waals surface area contributed by atoms with Gasteiger partial charge in [-0.25, -0.2) is 0 Å². The normalized spacial score (nSPS) is 30.6. The Bertz CT molecular complexity index is 473. The second kappa shape index (κ2) is 7.65. The lowest BCUT2D eigenvalue weighted by molar-refractivity contribution is -0.00271. The molecule has 0 spiro atoms. The van der Waals surface area contributed by atoms with Crippen molar-refractivity contribution in [3.05, 3.63) is 30.3 Å². The maximum atomic E-state index is 5.88. The molecule has 3 atom stereocenters. The van der Waals surface area contributed by atoms with Gasteiger partial charge in [-0.15, -0.1) is 0 Å². The Morgan fingerprint density at radius 1 is 1.09 bits per heavy atom. The topological polar surface area (TPSA) is 19.0 Å². The smallest absolute Gasteiger partial charge is 0.131 e. The molecule has 23 heavy (non-hydrogen) atoms. The summed E-state index contributed by atoms with van der Waals surface area (Å²) in [6.07, 6.45) is 2.52. The first kappa shape index (κ1) is 16.7. The molecule has 4 heteroatoms. The van der Waals surface area contributed by atoms with E-state index in [9.17, 15) is 0 Å². The van der Waals surface area contributed by atoms with Crippen LogP contribution in [0.25, 0.3) is 0 Å². The number of hydrogen-bond donors (Lipinski definition) is 0. The minimum Gasteiger partial charge on any atom is -0.362 e. The fourth-order valence-electron chi connectivity index (χ4n) is 4.13. The van der Waals surface area contributed by atoms with Crippen molar-refractivity contribution in [1.29, 1.82) is 0 Å². The van der Waals surface area contributed by atoms with Crippen molar-refractivity contribution < 1.29 is 4.74 Å². The van der Waals surface area contributed by atoms with Gasteiger partial charge in [0.05, 0.1) is 0 Å². The summed E-state index contributed by atoms with van der Waals surface area (Å²) in [5.74, 6) is 0.713. The Hall–Kier alpha value is -1.10. The number of nitrogens with zero attached hydrogens (tertiary/aromatic N) is 3. The molecule has 1 aromatic rings. The van der Waals surface area contributed by atoms with Crippen LogP contribution >= 0.6 is 0 Å². The monoisotopic (exact) mass is 317 g/mol. The van der Waals surface area contributed by atoms with Crippen LogP contribution < -0.4 is 4.90 Å². The molecule has 128 valence electrons. The van der Waals surface area contributed by atoms with Gasteiger partial charge in [0.25, 0.3) is 0 Å². The van der Waals surface area contributed by atoms with Crippen LogP contribution in [-0.4, -0.2) is 69.0 Å². The van der Waals surface area contributed by atoms with E-state index in [1.165, 1.54) is 38.3 Å².